The summed E-state index contributed by atoms with van der Waals surface area (Å²) in [4.78, 5) is 2.55. The normalized spacial score (nSPS) is 20.4. The first-order valence-corrected chi connectivity index (χ1v) is 8.15. The van der Waals surface area contributed by atoms with Gasteiger partial charge in [-0.05, 0) is 50.2 Å². The molecule has 1 aliphatic carbocycles. The Kier molecular flexibility index (Phi) is 2.72. The zero-order valence-electron chi connectivity index (χ0n) is 13.0. The topological polar surface area (TPSA) is 46.6 Å². The highest BCUT2D eigenvalue weighted by atomic mass is 15.3. The molecule has 2 fully saturated rings. The molecule has 0 atom stereocenters. The predicted molar refractivity (Wildman–Crippen MR) is 86.8 cm³/mol. The molecule has 0 bridgehead atoms. The van der Waals surface area contributed by atoms with Gasteiger partial charge in [0, 0.05) is 24.5 Å². The van der Waals surface area contributed by atoms with Crippen LogP contribution >= 0.6 is 0 Å². The first-order valence-electron chi connectivity index (χ1n) is 8.15. The molecule has 1 spiro atoms. The van der Waals surface area contributed by atoms with E-state index in [1.165, 1.54) is 50.2 Å². The molecule has 3 heterocycles. The van der Waals surface area contributed by atoms with Crippen molar-refractivity contribution < 1.29 is 0 Å². The summed E-state index contributed by atoms with van der Waals surface area (Å²) in [6, 6.07) is 4.49. The molecule has 0 radical (unpaired) electrons. The van der Waals surface area contributed by atoms with Crippen molar-refractivity contribution in [2.24, 2.45) is 5.41 Å². The average Bonchev–Trinajstić information content (AvgIpc) is 3.01. The summed E-state index contributed by atoms with van der Waals surface area (Å²) in [6.07, 6.45) is 6.49. The zero-order chi connectivity index (χ0) is 14.6. The van der Waals surface area contributed by atoms with Crippen LogP contribution in [-0.2, 0) is 6.42 Å². The number of hydrogen-bond donors (Lipinski definition) is 1. The van der Waals surface area contributed by atoms with E-state index < -0.39 is 0 Å². The summed E-state index contributed by atoms with van der Waals surface area (Å²) < 4.78 is 1.99. The van der Waals surface area contributed by atoms with Crippen molar-refractivity contribution in [3.63, 3.8) is 0 Å². The maximum atomic E-state index is 6.27. The molecule has 0 aromatic carbocycles. The second-order valence-electron chi connectivity index (χ2n) is 6.89. The Bertz CT molecular complexity index is 696. The lowest BCUT2D eigenvalue weighted by Gasteiger charge is -2.38. The van der Waals surface area contributed by atoms with E-state index in [0.717, 1.165) is 23.3 Å². The van der Waals surface area contributed by atoms with E-state index in [1.54, 1.807) is 0 Å². The van der Waals surface area contributed by atoms with Crippen LogP contribution in [0, 0.1) is 12.3 Å². The molecule has 2 N–H and O–H groups in total. The lowest BCUT2D eigenvalue weighted by Crippen LogP contribution is -2.33. The van der Waals surface area contributed by atoms with Gasteiger partial charge in [0.05, 0.1) is 16.9 Å². The highest BCUT2D eigenvalue weighted by Crippen LogP contribution is 2.49. The third kappa shape index (κ3) is 1.84. The number of rotatable bonds is 2. The number of fused-ring (bicyclic) bond motifs is 1. The molecule has 4 nitrogen and oxygen atoms in total. The van der Waals surface area contributed by atoms with Crippen molar-refractivity contribution in [2.45, 2.75) is 46.0 Å². The quantitative estimate of drug-likeness (QED) is 0.921. The predicted octanol–water partition coefficient (Wildman–Crippen LogP) is 3.17. The van der Waals surface area contributed by atoms with Crippen LogP contribution in [0.4, 0.5) is 11.4 Å². The highest BCUT2D eigenvalue weighted by Gasteiger charge is 2.42. The van der Waals surface area contributed by atoms with Gasteiger partial charge in [-0.3, -0.25) is 0 Å². The first-order chi connectivity index (χ1) is 10.1. The van der Waals surface area contributed by atoms with Gasteiger partial charge in [-0.1, -0.05) is 13.3 Å². The van der Waals surface area contributed by atoms with Crippen molar-refractivity contribution in [1.82, 2.24) is 9.61 Å². The van der Waals surface area contributed by atoms with Gasteiger partial charge in [-0.15, -0.1) is 0 Å². The van der Waals surface area contributed by atoms with Gasteiger partial charge < -0.3 is 10.6 Å². The van der Waals surface area contributed by atoms with Crippen LogP contribution in [0.15, 0.2) is 12.1 Å². The summed E-state index contributed by atoms with van der Waals surface area (Å²) in [7, 11) is 0. The van der Waals surface area contributed by atoms with Crippen LogP contribution in [0.25, 0.3) is 5.52 Å². The van der Waals surface area contributed by atoms with E-state index in [0.29, 0.717) is 5.41 Å². The highest BCUT2D eigenvalue weighted by molar-refractivity contribution is 5.76. The molecule has 4 rings (SSSR count). The van der Waals surface area contributed by atoms with Crippen molar-refractivity contribution in [3.8, 4) is 0 Å². The van der Waals surface area contributed by atoms with Gasteiger partial charge in [0.1, 0.15) is 0 Å². The van der Waals surface area contributed by atoms with Crippen LogP contribution in [0.3, 0.4) is 0 Å². The first kappa shape index (κ1) is 13.0. The standard InChI is InChI=1S/C17H24N4/c1-3-14-16(18)15-10-13(9-12(2)21(15)19-14)20-8-7-17(11-20)5-4-6-17/h9-10H,3-8,11,18H2,1-2H3. The molecule has 1 saturated carbocycles. The summed E-state index contributed by atoms with van der Waals surface area (Å²) in [5, 5.41) is 4.63. The fourth-order valence-electron chi connectivity index (χ4n) is 4.04. The second-order valence-corrected chi connectivity index (χ2v) is 6.89. The Morgan fingerprint density at radius 1 is 1.29 bits per heavy atom. The van der Waals surface area contributed by atoms with E-state index in [1.807, 2.05) is 4.52 Å². The Morgan fingerprint density at radius 3 is 2.71 bits per heavy atom. The molecule has 1 aliphatic heterocycles. The fourth-order valence-corrected chi connectivity index (χ4v) is 4.04. The lowest BCUT2D eigenvalue weighted by atomic mass is 9.68. The molecule has 112 valence electrons. The fraction of sp³-hybridized carbons (Fsp3) is 0.588. The van der Waals surface area contributed by atoms with Gasteiger partial charge in [0.15, 0.2) is 0 Å². The average molecular weight is 284 g/mol. The third-order valence-electron chi connectivity index (χ3n) is 5.56. The molecular formula is C17H24N4. The van der Waals surface area contributed by atoms with E-state index in [9.17, 15) is 0 Å². The minimum Gasteiger partial charge on any atom is -0.395 e. The molecule has 21 heavy (non-hydrogen) atoms. The minimum atomic E-state index is 0.625. The van der Waals surface area contributed by atoms with Crippen LogP contribution in [-0.4, -0.2) is 22.7 Å². The van der Waals surface area contributed by atoms with Crippen molar-refractivity contribution in [1.29, 1.82) is 0 Å². The Hall–Kier alpha value is -1.71. The zero-order valence-corrected chi connectivity index (χ0v) is 13.0. The molecule has 2 aromatic heterocycles. The van der Waals surface area contributed by atoms with Crippen LogP contribution in [0.5, 0.6) is 0 Å². The summed E-state index contributed by atoms with van der Waals surface area (Å²) >= 11 is 0. The molecule has 2 aliphatic rings. The van der Waals surface area contributed by atoms with Crippen molar-refractivity contribution >= 4 is 16.9 Å². The number of aromatic nitrogens is 2. The summed E-state index contributed by atoms with van der Waals surface area (Å²) in [6.45, 7) is 6.63. The maximum absolute atomic E-state index is 6.27. The molecule has 2 aromatic rings. The van der Waals surface area contributed by atoms with E-state index in [4.69, 9.17) is 5.73 Å². The largest absolute Gasteiger partial charge is 0.395 e. The molecule has 4 heteroatoms. The lowest BCUT2D eigenvalue weighted by molar-refractivity contribution is 0.165. The Labute approximate surface area is 125 Å². The summed E-state index contributed by atoms with van der Waals surface area (Å²) in [5.41, 5.74) is 12.3. The maximum Gasteiger partial charge on any atom is 0.0918 e. The number of nitrogens with two attached hydrogens (primary N) is 1. The molecule has 0 unspecified atom stereocenters. The smallest absolute Gasteiger partial charge is 0.0918 e. The Balaban J connectivity index is 1.74. The third-order valence-corrected chi connectivity index (χ3v) is 5.56. The number of anilines is 2. The Morgan fingerprint density at radius 2 is 2.10 bits per heavy atom. The van der Waals surface area contributed by atoms with Crippen LogP contribution < -0.4 is 10.6 Å². The number of pyridine rings is 1. The molecule has 1 saturated heterocycles. The molecule has 0 amide bonds. The van der Waals surface area contributed by atoms with Gasteiger partial charge in [0.25, 0.3) is 0 Å². The number of aryl methyl sites for hydroxylation is 2. The summed E-state index contributed by atoms with van der Waals surface area (Å²) in [5.74, 6) is 0. The second kappa shape index (κ2) is 4.39. The van der Waals surface area contributed by atoms with Crippen molar-refractivity contribution in [2.75, 3.05) is 23.7 Å². The van der Waals surface area contributed by atoms with Gasteiger partial charge in [-0.25, -0.2) is 4.52 Å². The van der Waals surface area contributed by atoms with E-state index >= 15 is 0 Å². The van der Waals surface area contributed by atoms with Gasteiger partial charge in [0.2, 0.25) is 0 Å². The minimum absolute atomic E-state index is 0.625. The van der Waals surface area contributed by atoms with Crippen molar-refractivity contribution in [3.05, 3.63) is 23.5 Å². The number of hydrogen-bond acceptors (Lipinski definition) is 3. The van der Waals surface area contributed by atoms with Crippen LogP contribution in [0.2, 0.25) is 0 Å². The van der Waals surface area contributed by atoms with Gasteiger partial charge >= 0.3 is 0 Å². The van der Waals surface area contributed by atoms with Crippen LogP contribution in [0.1, 0.15) is 44.0 Å². The monoisotopic (exact) mass is 284 g/mol. The molecular weight excluding hydrogens is 260 g/mol. The number of nitrogens with zero attached hydrogens (tertiary/aromatic N) is 3. The van der Waals surface area contributed by atoms with Gasteiger partial charge in [-0.2, -0.15) is 5.10 Å². The SMILES string of the molecule is CCc1nn2c(C)cc(N3CCC4(CCC4)C3)cc2c1N. The number of nitrogen functional groups attached to an aromatic ring is 1. The van der Waals surface area contributed by atoms with E-state index in [-0.39, 0.29) is 0 Å². The van der Waals surface area contributed by atoms with E-state index in [2.05, 4.69) is 36.0 Å².